The van der Waals surface area contributed by atoms with Crippen molar-refractivity contribution >= 4 is 18.3 Å². The van der Waals surface area contributed by atoms with Gasteiger partial charge in [-0.1, -0.05) is 12.1 Å². The first-order valence-corrected chi connectivity index (χ1v) is 6.04. The molecule has 108 valence electrons. The van der Waals surface area contributed by atoms with Crippen molar-refractivity contribution in [3.8, 4) is 5.69 Å². The largest absolute Gasteiger partial charge is 0.338 e. The quantitative estimate of drug-likeness (QED) is 0.918. The molecule has 2 rings (SSSR count). The zero-order valence-electron chi connectivity index (χ0n) is 11.4. The van der Waals surface area contributed by atoms with Crippen molar-refractivity contribution < 1.29 is 4.79 Å². The molecular weight excluding hydrogens is 278 g/mol. The Morgan fingerprint density at radius 3 is 2.55 bits per heavy atom. The van der Waals surface area contributed by atoms with Gasteiger partial charge in [0.25, 0.3) is 0 Å². The summed E-state index contributed by atoms with van der Waals surface area (Å²) in [7, 11) is 1.76. The zero-order valence-corrected chi connectivity index (χ0v) is 12.2. The molecule has 1 aromatic carbocycles. The molecule has 1 aromatic heterocycles. The summed E-state index contributed by atoms with van der Waals surface area (Å²) >= 11 is 0. The highest BCUT2D eigenvalue weighted by Crippen LogP contribution is 2.20. The Bertz CT molecular complexity index is 540. The second-order valence-electron chi connectivity index (χ2n) is 4.32. The number of halogens is 1. The lowest BCUT2D eigenvalue weighted by Gasteiger charge is -2.25. The van der Waals surface area contributed by atoms with Crippen LogP contribution in [-0.2, 0) is 4.79 Å². The standard InChI is InChI=1S/C13H17N5O.ClH/c1-10(17(2)13(19)7-14)11-3-5-12(6-4-11)18-9-15-8-16-18;/h3-6,8-10H,7,14H2,1-2H3;1H. The van der Waals surface area contributed by atoms with Gasteiger partial charge in [-0.2, -0.15) is 5.10 Å². The molecule has 2 N–H and O–H groups in total. The predicted octanol–water partition coefficient (Wildman–Crippen LogP) is 1.17. The second kappa shape index (κ2) is 7.02. The monoisotopic (exact) mass is 295 g/mol. The van der Waals surface area contributed by atoms with Crippen molar-refractivity contribution in [2.24, 2.45) is 5.73 Å². The van der Waals surface area contributed by atoms with Gasteiger partial charge in [0.05, 0.1) is 18.3 Å². The van der Waals surface area contributed by atoms with E-state index >= 15 is 0 Å². The van der Waals surface area contributed by atoms with E-state index < -0.39 is 0 Å². The van der Waals surface area contributed by atoms with Crippen LogP contribution in [0.1, 0.15) is 18.5 Å². The Morgan fingerprint density at radius 2 is 2.05 bits per heavy atom. The third-order valence-electron chi connectivity index (χ3n) is 3.21. The summed E-state index contributed by atoms with van der Waals surface area (Å²) in [6.07, 6.45) is 3.13. The average molecular weight is 296 g/mol. The van der Waals surface area contributed by atoms with E-state index in [4.69, 9.17) is 5.73 Å². The molecule has 0 saturated heterocycles. The molecule has 1 heterocycles. The van der Waals surface area contributed by atoms with Gasteiger partial charge in [0.2, 0.25) is 5.91 Å². The molecule has 2 aromatic rings. The van der Waals surface area contributed by atoms with E-state index in [0.717, 1.165) is 11.3 Å². The van der Waals surface area contributed by atoms with Crippen LogP contribution >= 0.6 is 12.4 Å². The number of aromatic nitrogens is 3. The lowest BCUT2D eigenvalue weighted by Crippen LogP contribution is -2.34. The highest BCUT2D eigenvalue weighted by Gasteiger charge is 2.15. The molecule has 6 nitrogen and oxygen atoms in total. The zero-order chi connectivity index (χ0) is 13.8. The normalized spacial score (nSPS) is 11.6. The smallest absolute Gasteiger partial charge is 0.236 e. The van der Waals surface area contributed by atoms with Gasteiger partial charge in [0, 0.05) is 7.05 Å². The first kappa shape index (κ1) is 16.1. The molecular formula is C13H18ClN5O. The number of likely N-dealkylation sites (N-methyl/N-ethyl adjacent to an activating group) is 1. The maximum absolute atomic E-state index is 11.6. The molecule has 0 spiro atoms. The number of rotatable bonds is 4. The third-order valence-corrected chi connectivity index (χ3v) is 3.21. The predicted molar refractivity (Wildman–Crippen MR) is 78.8 cm³/mol. The van der Waals surface area contributed by atoms with Gasteiger partial charge >= 0.3 is 0 Å². The Kier molecular flexibility index (Phi) is 5.66. The Hall–Kier alpha value is -1.92. The summed E-state index contributed by atoms with van der Waals surface area (Å²) in [6, 6.07) is 7.83. The summed E-state index contributed by atoms with van der Waals surface area (Å²) in [5.41, 5.74) is 7.35. The minimum absolute atomic E-state index is 0. The van der Waals surface area contributed by atoms with Crippen LogP contribution in [0.15, 0.2) is 36.9 Å². The Balaban J connectivity index is 0.00000200. The number of amides is 1. The van der Waals surface area contributed by atoms with Gasteiger partial charge in [-0.15, -0.1) is 12.4 Å². The van der Waals surface area contributed by atoms with Gasteiger partial charge in [-0.25, -0.2) is 9.67 Å². The average Bonchev–Trinajstić information content (AvgIpc) is 2.99. The van der Waals surface area contributed by atoms with Crippen LogP contribution in [0.2, 0.25) is 0 Å². The maximum Gasteiger partial charge on any atom is 0.236 e. The fraction of sp³-hybridized carbons (Fsp3) is 0.308. The highest BCUT2D eigenvalue weighted by molar-refractivity contribution is 5.85. The number of carbonyl (C=O) groups is 1. The van der Waals surface area contributed by atoms with Crippen molar-refractivity contribution in [1.82, 2.24) is 19.7 Å². The number of nitrogens with zero attached hydrogens (tertiary/aromatic N) is 4. The number of hydrogen-bond donors (Lipinski definition) is 1. The summed E-state index contributed by atoms with van der Waals surface area (Å²) in [5.74, 6) is -0.0761. The van der Waals surface area contributed by atoms with Crippen molar-refractivity contribution in [2.75, 3.05) is 13.6 Å². The number of nitrogens with two attached hydrogens (primary N) is 1. The number of carbonyl (C=O) groups excluding carboxylic acids is 1. The molecule has 1 amide bonds. The van der Waals surface area contributed by atoms with E-state index in [0.29, 0.717) is 0 Å². The molecule has 0 radical (unpaired) electrons. The number of benzene rings is 1. The first-order valence-electron chi connectivity index (χ1n) is 6.04. The van der Waals surface area contributed by atoms with Crippen LogP contribution in [0.4, 0.5) is 0 Å². The van der Waals surface area contributed by atoms with Gasteiger partial charge in [0.15, 0.2) is 0 Å². The van der Waals surface area contributed by atoms with E-state index in [1.54, 1.807) is 23.0 Å². The lowest BCUT2D eigenvalue weighted by atomic mass is 10.1. The van der Waals surface area contributed by atoms with Crippen molar-refractivity contribution in [3.05, 3.63) is 42.5 Å². The van der Waals surface area contributed by atoms with Crippen molar-refractivity contribution in [1.29, 1.82) is 0 Å². The maximum atomic E-state index is 11.6. The minimum Gasteiger partial charge on any atom is -0.338 e. The third kappa shape index (κ3) is 3.34. The van der Waals surface area contributed by atoms with Crippen LogP contribution in [-0.4, -0.2) is 39.2 Å². The fourth-order valence-electron chi connectivity index (χ4n) is 1.83. The van der Waals surface area contributed by atoms with Crippen LogP contribution in [0.3, 0.4) is 0 Å². The summed E-state index contributed by atoms with van der Waals surface area (Å²) in [6.45, 7) is 2.00. The molecule has 1 atom stereocenters. The molecule has 0 aliphatic heterocycles. The molecule has 7 heteroatoms. The summed E-state index contributed by atoms with van der Waals surface area (Å²) < 4.78 is 1.68. The van der Waals surface area contributed by atoms with E-state index in [-0.39, 0.29) is 30.9 Å². The molecule has 0 aliphatic rings. The molecule has 0 fully saturated rings. The van der Waals surface area contributed by atoms with E-state index in [1.807, 2.05) is 31.2 Å². The Morgan fingerprint density at radius 1 is 1.40 bits per heavy atom. The molecule has 0 saturated carbocycles. The van der Waals surface area contributed by atoms with E-state index in [2.05, 4.69) is 10.1 Å². The van der Waals surface area contributed by atoms with Gasteiger partial charge in [-0.3, -0.25) is 4.79 Å². The lowest BCUT2D eigenvalue weighted by molar-refractivity contribution is -0.130. The summed E-state index contributed by atoms with van der Waals surface area (Å²) in [5, 5.41) is 4.06. The SMILES string of the molecule is CC(c1ccc(-n2cncn2)cc1)N(C)C(=O)CN.Cl. The van der Waals surface area contributed by atoms with Gasteiger partial charge < -0.3 is 10.6 Å². The van der Waals surface area contributed by atoms with Gasteiger partial charge in [-0.05, 0) is 24.6 Å². The van der Waals surface area contributed by atoms with Crippen LogP contribution in [0.5, 0.6) is 0 Å². The van der Waals surface area contributed by atoms with Crippen LogP contribution in [0.25, 0.3) is 5.69 Å². The van der Waals surface area contributed by atoms with Gasteiger partial charge in [0.1, 0.15) is 12.7 Å². The minimum atomic E-state index is -0.0761. The van der Waals surface area contributed by atoms with Crippen molar-refractivity contribution in [3.63, 3.8) is 0 Å². The molecule has 0 aliphatic carbocycles. The van der Waals surface area contributed by atoms with Crippen molar-refractivity contribution in [2.45, 2.75) is 13.0 Å². The fourth-order valence-corrected chi connectivity index (χ4v) is 1.83. The number of hydrogen-bond acceptors (Lipinski definition) is 4. The van der Waals surface area contributed by atoms with E-state index in [9.17, 15) is 4.79 Å². The molecule has 0 bridgehead atoms. The van der Waals surface area contributed by atoms with Crippen LogP contribution < -0.4 is 5.73 Å². The first-order chi connectivity index (χ1) is 9.13. The molecule has 1 unspecified atom stereocenters. The Labute approximate surface area is 124 Å². The van der Waals surface area contributed by atoms with Crippen LogP contribution in [0, 0.1) is 0 Å². The molecule has 20 heavy (non-hydrogen) atoms. The topological polar surface area (TPSA) is 77.0 Å². The highest BCUT2D eigenvalue weighted by atomic mass is 35.5. The second-order valence-corrected chi connectivity index (χ2v) is 4.32. The summed E-state index contributed by atoms with van der Waals surface area (Å²) in [4.78, 5) is 17.1. The van der Waals surface area contributed by atoms with E-state index in [1.165, 1.54) is 6.33 Å².